The van der Waals surface area contributed by atoms with Crippen LogP contribution >= 0.6 is 0 Å². The van der Waals surface area contributed by atoms with Gasteiger partial charge in [-0.3, -0.25) is 9.69 Å². The van der Waals surface area contributed by atoms with Crippen LogP contribution < -0.4 is 16.0 Å². The molecule has 9 fully saturated rings. The molecule has 0 radical (unpaired) electrons. The summed E-state index contributed by atoms with van der Waals surface area (Å²) in [6.07, 6.45) is 24.6. The highest BCUT2D eigenvalue weighted by Crippen LogP contribution is 2.50. The van der Waals surface area contributed by atoms with Crippen molar-refractivity contribution < 1.29 is 28.1 Å². The predicted molar refractivity (Wildman–Crippen MR) is 360 cm³/mol. The molecule has 9 aliphatic rings. The van der Waals surface area contributed by atoms with Crippen molar-refractivity contribution in [1.29, 1.82) is 0 Å². The Labute approximate surface area is 538 Å². The molecule has 6 saturated heterocycles. The van der Waals surface area contributed by atoms with Crippen LogP contribution in [-0.4, -0.2) is 185 Å². The fraction of sp³-hybridized carbons (Fsp3) is 0.960. The number of rotatable bonds is 28. The number of hydrogen-bond acceptors (Lipinski definition) is 11. The molecular formula is C75H136FN7O5. The molecule has 6 heterocycles. The number of fused-ring (bicyclic) bond motifs is 1. The van der Waals surface area contributed by atoms with Crippen molar-refractivity contribution in [2.24, 2.45) is 75.4 Å². The number of hydrogen-bond donors (Lipinski definition) is 3. The normalized spacial score (nSPS) is 39.5. The van der Waals surface area contributed by atoms with Crippen molar-refractivity contribution in [2.45, 2.75) is 285 Å². The molecule has 0 aromatic rings. The quantitative estimate of drug-likeness (QED) is 0.0698. The van der Waals surface area contributed by atoms with E-state index in [0.717, 1.165) is 149 Å². The number of ether oxygens (including phenoxy) is 4. The average Bonchev–Trinajstić information content (AvgIpc) is 1.71. The molecule has 3 N–H and O–H groups in total. The Morgan fingerprint density at radius 2 is 1.57 bits per heavy atom. The number of amides is 1. The number of carbonyl (C=O) groups is 1. The molecule has 0 bridgehead atoms. The van der Waals surface area contributed by atoms with Gasteiger partial charge in [-0.05, 0) is 237 Å². The van der Waals surface area contributed by atoms with Gasteiger partial charge in [0.2, 0.25) is 5.91 Å². The van der Waals surface area contributed by atoms with E-state index in [-0.39, 0.29) is 34.6 Å². The Hall–Kier alpha value is -1.42. The molecule has 13 heteroatoms. The third kappa shape index (κ3) is 19.2. The van der Waals surface area contributed by atoms with Crippen LogP contribution in [0.15, 0.2) is 12.3 Å². The Kier molecular flexibility index (Phi) is 26.1. The number of morpholine rings is 1. The van der Waals surface area contributed by atoms with Crippen molar-refractivity contribution >= 4 is 5.91 Å². The third-order valence-electron chi connectivity index (χ3n) is 25.6. The minimum absolute atomic E-state index is 0.0989. The van der Waals surface area contributed by atoms with Gasteiger partial charge in [0.15, 0.2) is 0 Å². The van der Waals surface area contributed by atoms with Gasteiger partial charge in [0.1, 0.15) is 6.17 Å². The number of piperidine rings is 3. The van der Waals surface area contributed by atoms with Crippen molar-refractivity contribution in [3.05, 3.63) is 12.3 Å². The highest BCUT2D eigenvalue weighted by molar-refractivity contribution is 5.77. The largest absolute Gasteiger partial charge is 0.381 e. The maximum Gasteiger partial charge on any atom is 0.222 e. The number of nitrogens with one attached hydrogen (secondary N) is 3. The lowest BCUT2D eigenvalue weighted by Gasteiger charge is -2.49. The van der Waals surface area contributed by atoms with E-state index >= 15 is 0 Å². The number of halogens is 1. The molecule has 6 aliphatic heterocycles. The standard InChI is InChI=1S/C75H136FN7O5/c1-15-58(33-61-26-27-64(76)32-53(61)4)35-68-57(8)73(9,10)49-82(68)56(7)39-75(13)38-55(6)78-42-63(75)45-81-29-30-86-67(46-81)48-88-66-22-17-21-65(37-66)87-47-59-20-18-28-80(44-59)43-52(3)40-77-54(5)19-16-23-71(84)83-50-74(11,12)72-69(83)36-60(41-79-72)34-62-25-24-51(2)31-70(62)85-14/h51-55,57-70,72,77-79H,7,15-50H2,1-6,8-14H3/t51?,52-,53?,54?,55-,57?,58?,59+,60?,61?,62?,63?,64?,65?,66?,67+,68?,69?,70?,72?,75?/m1/s1. The number of methoxy groups -OCH3 is 1. The fourth-order valence-electron chi connectivity index (χ4n) is 19.7. The summed E-state index contributed by atoms with van der Waals surface area (Å²) in [5, 5.41) is 11.7. The van der Waals surface area contributed by atoms with E-state index in [0.29, 0.717) is 109 Å². The van der Waals surface area contributed by atoms with E-state index in [1.165, 1.54) is 82.9 Å². The zero-order valence-electron chi connectivity index (χ0n) is 58.9. The van der Waals surface area contributed by atoms with Crippen LogP contribution in [0.3, 0.4) is 0 Å². The summed E-state index contributed by atoms with van der Waals surface area (Å²) in [5.41, 5.74) is 1.85. The molecule has 12 nitrogen and oxygen atoms in total. The van der Waals surface area contributed by atoms with Gasteiger partial charge in [-0.1, -0.05) is 88.7 Å². The monoisotopic (exact) mass is 1230 g/mol. The van der Waals surface area contributed by atoms with Gasteiger partial charge in [-0.25, -0.2) is 4.39 Å². The molecule has 1 amide bonds. The molecule has 17 unspecified atom stereocenters. The number of nitrogens with zero attached hydrogens (tertiary/aromatic N) is 4. The molecule has 0 aromatic carbocycles. The minimum atomic E-state index is -0.598. The summed E-state index contributed by atoms with van der Waals surface area (Å²) >= 11 is 0. The van der Waals surface area contributed by atoms with Crippen LogP contribution in [0.1, 0.15) is 224 Å². The molecule has 0 spiro atoms. The van der Waals surface area contributed by atoms with E-state index in [1.807, 2.05) is 7.11 Å². The second-order valence-corrected chi connectivity index (χ2v) is 34.1. The van der Waals surface area contributed by atoms with E-state index in [1.54, 1.807) is 0 Å². The van der Waals surface area contributed by atoms with Crippen LogP contribution in [-0.2, 0) is 23.7 Å². The summed E-state index contributed by atoms with van der Waals surface area (Å²) in [4.78, 5) is 24.4. The fourth-order valence-corrected chi connectivity index (χ4v) is 19.7. The van der Waals surface area contributed by atoms with Gasteiger partial charge in [-0.15, -0.1) is 0 Å². The first-order chi connectivity index (χ1) is 42.0. The van der Waals surface area contributed by atoms with E-state index < -0.39 is 6.17 Å². The number of allylic oxidation sites excluding steroid dienone is 1. The van der Waals surface area contributed by atoms with Crippen molar-refractivity contribution in [1.82, 2.24) is 35.6 Å². The van der Waals surface area contributed by atoms with Crippen LogP contribution in [0, 0.1) is 75.4 Å². The maximum absolute atomic E-state index is 14.3. The highest BCUT2D eigenvalue weighted by Gasteiger charge is 2.52. The smallest absolute Gasteiger partial charge is 0.222 e. The summed E-state index contributed by atoms with van der Waals surface area (Å²) in [6, 6.07) is 2.10. The average molecular weight is 1230 g/mol. The van der Waals surface area contributed by atoms with Crippen LogP contribution in [0.2, 0.25) is 0 Å². The van der Waals surface area contributed by atoms with Crippen molar-refractivity contribution in [3.63, 3.8) is 0 Å². The first-order valence-electron chi connectivity index (χ1n) is 37.4. The zero-order chi connectivity index (χ0) is 62.9. The highest BCUT2D eigenvalue weighted by atomic mass is 19.1. The maximum atomic E-state index is 14.3. The number of likely N-dealkylation sites (tertiary alicyclic amines) is 3. The predicted octanol–water partition coefficient (Wildman–Crippen LogP) is 13.4. The Morgan fingerprint density at radius 1 is 0.807 bits per heavy atom. The molecule has 21 atom stereocenters. The molecule has 3 saturated carbocycles. The Morgan fingerprint density at radius 3 is 2.33 bits per heavy atom. The first-order valence-corrected chi connectivity index (χ1v) is 37.4. The lowest BCUT2D eigenvalue weighted by molar-refractivity contribution is -0.133. The van der Waals surface area contributed by atoms with Gasteiger partial charge in [0.25, 0.3) is 0 Å². The number of alkyl halides is 1. The van der Waals surface area contributed by atoms with Gasteiger partial charge < -0.3 is 49.6 Å². The second kappa shape index (κ2) is 32.3. The van der Waals surface area contributed by atoms with Crippen molar-refractivity contribution in [3.8, 4) is 0 Å². The molecule has 9 rings (SSSR count). The topological polar surface area (TPSA) is 103 Å². The summed E-state index contributed by atoms with van der Waals surface area (Å²) in [5.74, 6) is 6.50. The van der Waals surface area contributed by atoms with Gasteiger partial charge in [-0.2, -0.15) is 0 Å². The van der Waals surface area contributed by atoms with E-state index in [9.17, 15) is 9.18 Å². The van der Waals surface area contributed by atoms with Crippen LogP contribution in [0.4, 0.5) is 4.39 Å². The minimum Gasteiger partial charge on any atom is -0.381 e. The van der Waals surface area contributed by atoms with Gasteiger partial charge in [0, 0.05) is 95.3 Å². The lowest BCUT2D eigenvalue weighted by Crippen LogP contribution is -2.55. The molecule has 508 valence electrons. The second-order valence-electron chi connectivity index (χ2n) is 34.1. The molecule has 88 heavy (non-hydrogen) atoms. The van der Waals surface area contributed by atoms with Gasteiger partial charge >= 0.3 is 0 Å². The van der Waals surface area contributed by atoms with Gasteiger partial charge in [0.05, 0.1) is 44.2 Å². The SMILES string of the molecule is C=C(CC1(C)C[C@@H](C)NCC1CN1CCO[C@H](COC2CCCC(OC[C@H]3CCCN(C[C@H](C)CNC(C)CCCC(=O)N4CC(C)(C)C5NCC(CC6CCC(C)CC6OC)CC54)C3)C2)C1)N1CC(C)(C)C(C)C1CC(CC)CC1CCC(F)CC1C. The summed E-state index contributed by atoms with van der Waals surface area (Å²) in [7, 11) is 1.91. The summed E-state index contributed by atoms with van der Waals surface area (Å²) in [6.45, 7) is 47.8. The van der Waals surface area contributed by atoms with Crippen LogP contribution in [0.5, 0.6) is 0 Å². The van der Waals surface area contributed by atoms with Crippen LogP contribution in [0.25, 0.3) is 0 Å². The van der Waals surface area contributed by atoms with E-state index in [4.69, 9.17) is 25.5 Å². The Bertz CT molecular complexity index is 2140. The lowest BCUT2D eigenvalue weighted by atomic mass is 9.67. The number of carbonyl (C=O) groups excluding carboxylic acids is 1. The van der Waals surface area contributed by atoms with E-state index in [2.05, 4.69) is 119 Å². The zero-order valence-corrected chi connectivity index (χ0v) is 58.9. The molecule has 0 aromatic heterocycles. The van der Waals surface area contributed by atoms with Crippen molar-refractivity contribution in [2.75, 3.05) is 98.9 Å². The first kappa shape index (κ1) is 70.9. The molecular weight excluding hydrogens is 1100 g/mol. The Balaban J connectivity index is 0.655. The third-order valence-corrected chi connectivity index (χ3v) is 25.6. The summed E-state index contributed by atoms with van der Waals surface area (Å²) < 4.78 is 40.3. The molecule has 3 aliphatic carbocycles.